The van der Waals surface area contributed by atoms with Gasteiger partial charge in [-0.25, -0.2) is 9.97 Å². The number of fused-ring (bicyclic) bond motifs is 1. The molecule has 3 nitrogen and oxygen atoms in total. The van der Waals surface area contributed by atoms with Crippen LogP contribution in [0, 0.1) is 0 Å². The zero-order chi connectivity index (χ0) is 8.39. The monoisotopic (exact) mass is 158 g/mol. The van der Waals surface area contributed by atoms with Gasteiger partial charge in [0.2, 0.25) is 0 Å². The van der Waals surface area contributed by atoms with Crippen molar-refractivity contribution in [1.82, 2.24) is 9.97 Å². The molecular formula is C9H6N2O. The molecule has 12 heavy (non-hydrogen) atoms. The fraction of sp³-hybridized carbons (Fsp3) is 0. The highest BCUT2D eigenvalue weighted by Crippen LogP contribution is 2.08. The number of aromatic nitrogens is 2. The first kappa shape index (κ1) is 6.91. The van der Waals surface area contributed by atoms with E-state index in [1.807, 2.05) is 24.3 Å². The molecule has 0 N–H and O–H groups in total. The second kappa shape index (κ2) is 2.70. The highest BCUT2D eigenvalue weighted by molar-refractivity contribution is 5.80. The second-order valence-electron chi connectivity index (χ2n) is 2.40. The van der Waals surface area contributed by atoms with E-state index < -0.39 is 0 Å². The Kier molecular flexibility index (Phi) is 1.55. The maximum Gasteiger partial charge on any atom is 0.193 e. The number of benzene rings is 1. The lowest BCUT2D eigenvalue weighted by Gasteiger charge is -1.94. The van der Waals surface area contributed by atoms with Gasteiger partial charge in [0.05, 0.1) is 5.52 Å². The number of rotatable bonds is 1. The Bertz CT molecular complexity index is 426. The lowest BCUT2D eigenvalue weighted by molar-refractivity contribution is 0.111. The molecule has 2 rings (SSSR count). The number of para-hydroxylation sites is 1. The van der Waals surface area contributed by atoms with Gasteiger partial charge in [-0.2, -0.15) is 0 Å². The Morgan fingerprint density at radius 2 is 2.08 bits per heavy atom. The van der Waals surface area contributed by atoms with Gasteiger partial charge in [-0.05, 0) is 6.07 Å². The molecule has 0 spiro atoms. The number of hydrogen-bond acceptors (Lipinski definition) is 3. The van der Waals surface area contributed by atoms with Crippen molar-refractivity contribution in [3.63, 3.8) is 0 Å². The third kappa shape index (κ3) is 1.05. The molecular weight excluding hydrogens is 152 g/mol. The fourth-order valence-electron chi connectivity index (χ4n) is 1.04. The summed E-state index contributed by atoms with van der Waals surface area (Å²) in [6, 6.07) is 7.55. The van der Waals surface area contributed by atoms with Gasteiger partial charge < -0.3 is 0 Å². The van der Waals surface area contributed by atoms with Crippen LogP contribution in [0.5, 0.6) is 0 Å². The van der Waals surface area contributed by atoms with Crippen molar-refractivity contribution in [2.45, 2.75) is 0 Å². The van der Waals surface area contributed by atoms with Crippen LogP contribution in [0.25, 0.3) is 10.9 Å². The zero-order valence-electron chi connectivity index (χ0n) is 6.27. The molecule has 1 aromatic heterocycles. The van der Waals surface area contributed by atoms with E-state index in [-0.39, 0.29) is 5.82 Å². The molecule has 0 fully saturated rings. The van der Waals surface area contributed by atoms with Crippen LogP contribution in [-0.4, -0.2) is 16.3 Å². The lowest BCUT2D eigenvalue weighted by atomic mass is 10.2. The first-order valence-corrected chi connectivity index (χ1v) is 3.57. The Labute approximate surface area is 69.1 Å². The molecule has 0 unspecified atom stereocenters. The number of hydrogen-bond donors (Lipinski definition) is 0. The van der Waals surface area contributed by atoms with E-state index in [9.17, 15) is 4.79 Å². The van der Waals surface area contributed by atoms with Crippen molar-refractivity contribution in [3.8, 4) is 0 Å². The first-order valence-electron chi connectivity index (χ1n) is 3.57. The van der Waals surface area contributed by atoms with Gasteiger partial charge in [0.25, 0.3) is 0 Å². The zero-order valence-corrected chi connectivity index (χ0v) is 6.27. The van der Waals surface area contributed by atoms with Gasteiger partial charge >= 0.3 is 0 Å². The van der Waals surface area contributed by atoms with Crippen LogP contribution in [0.15, 0.2) is 30.5 Å². The summed E-state index contributed by atoms with van der Waals surface area (Å²) in [7, 11) is 0. The van der Waals surface area contributed by atoms with Crippen LogP contribution in [0.4, 0.5) is 0 Å². The summed E-state index contributed by atoms with van der Waals surface area (Å²) in [6.07, 6.45) is 2.29. The summed E-state index contributed by atoms with van der Waals surface area (Å²) < 4.78 is 0. The Morgan fingerprint density at radius 3 is 2.92 bits per heavy atom. The minimum Gasteiger partial charge on any atom is -0.294 e. The highest BCUT2D eigenvalue weighted by Gasteiger charge is 1.95. The van der Waals surface area contributed by atoms with Gasteiger partial charge in [-0.15, -0.1) is 0 Å². The van der Waals surface area contributed by atoms with Crippen LogP contribution < -0.4 is 0 Å². The predicted molar refractivity (Wildman–Crippen MR) is 44.9 cm³/mol. The molecule has 3 heteroatoms. The molecule has 1 heterocycles. The summed E-state index contributed by atoms with van der Waals surface area (Å²) >= 11 is 0. The van der Waals surface area contributed by atoms with Gasteiger partial charge in [-0.3, -0.25) is 4.79 Å². The molecule has 0 saturated heterocycles. The van der Waals surface area contributed by atoms with E-state index in [1.165, 1.54) is 0 Å². The molecule has 0 radical (unpaired) electrons. The van der Waals surface area contributed by atoms with Crippen molar-refractivity contribution in [3.05, 3.63) is 36.3 Å². The largest absolute Gasteiger partial charge is 0.294 e. The minimum atomic E-state index is 0.230. The SMILES string of the molecule is O=Cc1ncc2ccccc2n1. The second-order valence-corrected chi connectivity index (χ2v) is 2.40. The molecule has 1 aromatic carbocycles. The van der Waals surface area contributed by atoms with Gasteiger partial charge in [0.15, 0.2) is 12.1 Å². The number of carbonyl (C=O) groups is 1. The lowest BCUT2D eigenvalue weighted by Crippen LogP contribution is -1.91. The van der Waals surface area contributed by atoms with Crippen molar-refractivity contribution in [1.29, 1.82) is 0 Å². The highest BCUT2D eigenvalue weighted by atomic mass is 16.1. The van der Waals surface area contributed by atoms with Crippen LogP contribution in [-0.2, 0) is 0 Å². The van der Waals surface area contributed by atoms with E-state index in [2.05, 4.69) is 9.97 Å². The summed E-state index contributed by atoms with van der Waals surface area (Å²) in [5, 5.41) is 0.947. The van der Waals surface area contributed by atoms with E-state index in [1.54, 1.807) is 6.20 Å². The van der Waals surface area contributed by atoms with Crippen molar-refractivity contribution in [2.75, 3.05) is 0 Å². The normalized spacial score (nSPS) is 10.0. The van der Waals surface area contributed by atoms with Crippen LogP contribution in [0.2, 0.25) is 0 Å². The van der Waals surface area contributed by atoms with Crippen molar-refractivity contribution < 1.29 is 4.79 Å². The maximum atomic E-state index is 10.3. The fourth-order valence-corrected chi connectivity index (χ4v) is 1.04. The Morgan fingerprint density at radius 1 is 1.25 bits per heavy atom. The number of carbonyl (C=O) groups excluding carboxylic acids is 1. The molecule has 0 aliphatic rings. The summed E-state index contributed by atoms with van der Waals surface area (Å²) in [5.41, 5.74) is 0.801. The summed E-state index contributed by atoms with van der Waals surface area (Å²) in [4.78, 5) is 18.2. The number of nitrogens with zero attached hydrogens (tertiary/aromatic N) is 2. The van der Waals surface area contributed by atoms with Crippen molar-refractivity contribution >= 4 is 17.2 Å². The van der Waals surface area contributed by atoms with E-state index in [4.69, 9.17) is 0 Å². The van der Waals surface area contributed by atoms with Gasteiger partial charge in [-0.1, -0.05) is 18.2 Å². The molecule has 58 valence electrons. The van der Waals surface area contributed by atoms with Crippen LogP contribution >= 0.6 is 0 Å². The van der Waals surface area contributed by atoms with E-state index in [0.29, 0.717) is 6.29 Å². The smallest absolute Gasteiger partial charge is 0.193 e. The van der Waals surface area contributed by atoms with Crippen LogP contribution in [0.3, 0.4) is 0 Å². The Balaban J connectivity index is 2.75. The van der Waals surface area contributed by atoms with E-state index in [0.717, 1.165) is 10.9 Å². The maximum absolute atomic E-state index is 10.3. The van der Waals surface area contributed by atoms with Crippen molar-refractivity contribution in [2.24, 2.45) is 0 Å². The van der Waals surface area contributed by atoms with E-state index >= 15 is 0 Å². The molecule has 0 aliphatic heterocycles. The molecule has 0 amide bonds. The summed E-state index contributed by atoms with van der Waals surface area (Å²) in [6.45, 7) is 0. The first-order chi connectivity index (χ1) is 5.90. The topological polar surface area (TPSA) is 42.9 Å². The minimum absolute atomic E-state index is 0.230. The quantitative estimate of drug-likeness (QED) is 0.590. The molecule has 0 atom stereocenters. The van der Waals surface area contributed by atoms with Gasteiger partial charge in [0, 0.05) is 11.6 Å². The Hall–Kier alpha value is -1.77. The molecule has 2 aromatic rings. The van der Waals surface area contributed by atoms with Crippen LogP contribution in [0.1, 0.15) is 10.6 Å². The van der Waals surface area contributed by atoms with Gasteiger partial charge in [0.1, 0.15) is 0 Å². The molecule has 0 saturated carbocycles. The molecule has 0 bridgehead atoms. The third-order valence-corrected chi connectivity index (χ3v) is 1.61. The average molecular weight is 158 g/mol. The summed E-state index contributed by atoms with van der Waals surface area (Å²) in [5.74, 6) is 0.230. The average Bonchev–Trinajstić information content (AvgIpc) is 2.17. The number of aldehydes is 1. The molecule has 0 aliphatic carbocycles. The third-order valence-electron chi connectivity index (χ3n) is 1.61. The predicted octanol–water partition coefficient (Wildman–Crippen LogP) is 1.44. The standard InChI is InChI=1S/C9H6N2O/c12-6-9-10-5-7-3-1-2-4-8(7)11-9/h1-6H.